The van der Waals surface area contributed by atoms with E-state index in [4.69, 9.17) is 5.84 Å². The largest absolute Gasteiger partial charge is 0.391 e. The molecule has 0 aliphatic carbocycles. The molecule has 0 aromatic heterocycles. The molecule has 14 heavy (non-hydrogen) atoms. The number of hydroxylamine groups is 1. The van der Waals surface area contributed by atoms with Crippen LogP contribution in [0.25, 0.3) is 0 Å². The molecule has 0 spiro atoms. The van der Waals surface area contributed by atoms with Gasteiger partial charge in [-0.2, -0.15) is 0 Å². The van der Waals surface area contributed by atoms with Gasteiger partial charge in [0.2, 0.25) is 0 Å². The Labute approximate surface area is 84.7 Å². The molecule has 80 valence electrons. The number of nitrogens with two attached hydrogens (primary N) is 1. The Bertz CT molecular complexity index is 175. The Morgan fingerprint density at radius 3 is 2.21 bits per heavy atom. The molecule has 1 saturated heterocycles. The van der Waals surface area contributed by atoms with Gasteiger partial charge in [0.1, 0.15) is 6.26 Å². The maximum atomic E-state index is 5.50. The molecule has 2 heterocycles. The fourth-order valence-corrected chi connectivity index (χ4v) is 1.08. The highest BCUT2D eigenvalue weighted by atomic mass is 16.6. The zero-order chi connectivity index (χ0) is 10.2. The van der Waals surface area contributed by atoms with Crippen LogP contribution in [0.5, 0.6) is 0 Å². The lowest BCUT2D eigenvalue weighted by Gasteiger charge is -2.28. The second-order valence-electron chi connectivity index (χ2n) is 3.26. The summed E-state index contributed by atoms with van der Waals surface area (Å²) in [5.74, 6) is 5.50. The Balaban J connectivity index is 0.000000146. The molecular weight excluding hydrogens is 180 g/mol. The van der Waals surface area contributed by atoms with E-state index >= 15 is 0 Å². The third-order valence-electron chi connectivity index (χ3n) is 2.03. The summed E-state index contributed by atoms with van der Waals surface area (Å²) < 4.78 is 0. The molecule has 0 bridgehead atoms. The highest BCUT2D eigenvalue weighted by molar-refractivity contribution is 5.00. The fourth-order valence-electron chi connectivity index (χ4n) is 1.08. The van der Waals surface area contributed by atoms with Crippen molar-refractivity contribution in [1.29, 1.82) is 0 Å². The SMILES string of the molecule is C1=CNOC=C1.CN1CCN(N)CC1. The normalized spacial score (nSPS) is 21.9. The van der Waals surface area contributed by atoms with Crippen molar-refractivity contribution in [3.8, 4) is 0 Å². The number of hydrogen-bond donors (Lipinski definition) is 2. The van der Waals surface area contributed by atoms with Crippen molar-refractivity contribution in [3.63, 3.8) is 0 Å². The van der Waals surface area contributed by atoms with Crippen LogP contribution in [0.1, 0.15) is 0 Å². The van der Waals surface area contributed by atoms with Crippen LogP contribution in [0.2, 0.25) is 0 Å². The predicted molar refractivity (Wildman–Crippen MR) is 55.8 cm³/mol. The van der Waals surface area contributed by atoms with Gasteiger partial charge in [-0.25, -0.2) is 10.5 Å². The van der Waals surface area contributed by atoms with E-state index in [1.807, 2.05) is 11.1 Å². The number of nitrogens with one attached hydrogen (secondary N) is 1. The summed E-state index contributed by atoms with van der Waals surface area (Å²) in [5, 5.41) is 1.86. The lowest BCUT2D eigenvalue weighted by molar-refractivity contribution is 0.156. The smallest absolute Gasteiger partial charge is 0.119 e. The molecule has 3 N–H and O–H groups in total. The van der Waals surface area contributed by atoms with Crippen LogP contribution < -0.4 is 11.3 Å². The van der Waals surface area contributed by atoms with Gasteiger partial charge in [0.15, 0.2) is 0 Å². The fraction of sp³-hybridized carbons (Fsp3) is 0.556. The Morgan fingerprint density at radius 1 is 1.21 bits per heavy atom. The Hall–Kier alpha value is -1.04. The van der Waals surface area contributed by atoms with Crippen LogP contribution in [0.3, 0.4) is 0 Å². The van der Waals surface area contributed by atoms with E-state index in [0.717, 1.165) is 26.2 Å². The molecule has 0 atom stereocenters. The predicted octanol–water partition coefficient (Wildman–Crippen LogP) is -0.344. The molecule has 0 amide bonds. The van der Waals surface area contributed by atoms with Crippen molar-refractivity contribution in [1.82, 2.24) is 15.4 Å². The number of hydrogen-bond acceptors (Lipinski definition) is 5. The van der Waals surface area contributed by atoms with Crippen molar-refractivity contribution < 1.29 is 4.84 Å². The summed E-state index contributed by atoms with van der Waals surface area (Å²) in [7, 11) is 2.12. The number of nitrogens with zero attached hydrogens (tertiary/aromatic N) is 2. The Kier molecular flexibility index (Phi) is 5.06. The van der Waals surface area contributed by atoms with Crippen LogP contribution >= 0.6 is 0 Å². The maximum Gasteiger partial charge on any atom is 0.119 e. The van der Waals surface area contributed by atoms with E-state index in [9.17, 15) is 0 Å². The van der Waals surface area contributed by atoms with E-state index < -0.39 is 0 Å². The number of hydrazine groups is 1. The van der Waals surface area contributed by atoms with Crippen LogP contribution in [-0.2, 0) is 4.84 Å². The average Bonchev–Trinajstić information content (AvgIpc) is 2.26. The van der Waals surface area contributed by atoms with E-state index in [2.05, 4.69) is 22.3 Å². The van der Waals surface area contributed by atoms with Gasteiger partial charge >= 0.3 is 0 Å². The first kappa shape index (κ1) is 11.0. The molecule has 2 aliphatic heterocycles. The third-order valence-corrected chi connectivity index (χ3v) is 2.03. The standard InChI is InChI=1S/C5H13N3.C4H5NO/c1-7-2-4-8(6)5-3-7;1-2-4-6-5-3-1/h2-6H2,1H3;1-5H. The first-order chi connectivity index (χ1) is 6.79. The van der Waals surface area contributed by atoms with Crippen molar-refractivity contribution in [2.75, 3.05) is 33.2 Å². The van der Waals surface area contributed by atoms with Crippen molar-refractivity contribution in [3.05, 3.63) is 24.6 Å². The minimum atomic E-state index is 1.01. The summed E-state index contributed by atoms with van der Waals surface area (Å²) in [5.41, 5.74) is 2.52. The van der Waals surface area contributed by atoms with Gasteiger partial charge in [0, 0.05) is 32.4 Å². The highest BCUT2D eigenvalue weighted by Crippen LogP contribution is 1.91. The molecule has 0 aromatic carbocycles. The lowest BCUT2D eigenvalue weighted by atomic mass is 10.4. The van der Waals surface area contributed by atoms with E-state index in [-0.39, 0.29) is 0 Å². The summed E-state index contributed by atoms with van der Waals surface area (Å²) in [6.45, 7) is 4.24. The van der Waals surface area contributed by atoms with Gasteiger partial charge in [-0.15, -0.1) is 0 Å². The molecule has 5 nitrogen and oxygen atoms in total. The molecule has 2 rings (SSSR count). The average molecular weight is 198 g/mol. The topological polar surface area (TPSA) is 53.8 Å². The van der Waals surface area contributed by atoms with Gasteiger partial charge in [-0.05, 0) is 19.2 Å². The quantitative estimate of drug-likeness (QED) is 0.521. The summed E-state index contributed by atoms with van der Waals surface area (Å²) in [4.78, 5) is 6.83. The van der Waals surface area contributed by atoms with Gasteiger partial charge in [0.05, 0.1) is 0 Å². The number of allylic oxidation sites excluding steroid dienone is 2. The van der Waals surface area contributed by atoms with Crippen LogP contribution in [0.4, 0.5) is 0 Å². The molecule has 2 aliphatic rings. The molecule has 0 aromatic rings. The lowest BCUT2D eigenvalue weighted by Crippen LogP contribution is -2.47. The van der Waals surface area contributed by atoms with Crippen molar-refractivity contribution in [2.45, 2.75) is 0 Å². The van der Waals surface area contributed by atoms with Crippen molar-refractivity contribution >= 4 is 0 Å². The van der Waals surface area contributed by atoms with Crippen LogP contribution in [-0.4, -0.2) is 43.1 Å². The Morgan fingerprint density at radius 2 is 1.93 bits per heavy atom. The molecule has 0 unspecified atom stereocenters. The van der Waals surface area contributed by atoms with Gasteiger partial charge < -0.3 is 9.74 Å². The van der Waals surface area contributed by atoms with Crippen LogP contribution in [0, 0.1) is 0 Å². The molecule has 1 fully saturated rings. The zero-order valence-electron chi connectivity index (χ0n) is 8.52. The number of likely N-dealkylation sites (N-methyl/N-ethyl adjacent to an activating group) is 1. The van der Waals surface area contributed by atoms with Gasteiger partial charge in [-0.3, -0.25) is 5.84 Å². The molecular formula is C9H18N4O. The van der Waals surface area contributed by atoms with E-state index in [1.54, 1.807) is 18.5 Å². The minimum Gasteiger partial charge on any atom is -0.391 e. The number of rotatable bonds is 0. The zero-order valence-corrected chi connectivity index (χ0v) is 8.52. The minimum absolute atomic E-state index is 1.01. The van der Waals surface area contributed by atoms with Gasteiger partial charge in [0.25, 0.3) is 0 Å². The summed E-state index contributed by atoms with van der Waals surface area (Å²) >= 11 is 0. The monoisotopic (exact) mass is 198 g/mol. The second kappa shape index (κ2) is 6.42. The highest BCUT2D eigenvalue weighted by Gasteiger charge is 2.08. The first-order valence-corrected chi connectivity index (χ1v) is 4.70. The number of piperazine rings is 1. The molecule has 0 saturated carbocycles. The summed E-state index contributed by atoms with van der Waals surface area (Å²) in [6, 6.07) is 0. The molecule has 5 heteroatoms. The first-order valence-electron chi connectivity index (χ1n) is 4.70. The molecule has 0 radical (unpaired) electrons. The summed E-state index contributed by atoms with van der Waals surface area (Å²) in [6.07, 6.45) is 6.93. The second-order valence-corrected chi connectivity index (χ2v) is 3.26. The van der Waals surface area contributed by atoms with E-state index in [1.165, 1.54) is 0 Å². The maximum absolute atomic E-state index is 5.50. The van der Waals surface area contributed by atoms with Crippen molar-refractivity contribution in [2.24, 2.45) is 5.84 Å². The van der Waals surface area contributed by atoms with Crippen LogP contribution in [0.15, 0.2) is 24.6 Å². The van der Waals surface area contributed by atoms with Gasteiger partial charge in [-0.1, -0.05) is 0 Å². The van der Waals surface area contributed by atoms with E-state index in [0.29, 0.717) is 0 Å². The third kappa shape index (κ3) is 4.86.